The lowest BCUT2D eigenvalue weighted by atomic mass is 10.4. The van der Waals surface area contributed by atoms with Gasteiger partial charge in [0.05, 0.1) is 6.61 Å². The van der Waals surface area contributed by atoms with Gasteiger partial charge in [-0.05, 0) is 28.4 Å². The van der Waals surface area contributed by atoms with Gasteiger partial charge < -0.3 is 4.74 Å². The molecule has 1 aromatic rings. The van der Waals surface area contributed by atoms with Crippen molar-refractivity contribution in [3.63, 3.8) is 0 Å². The van der Waals surface area contributed by atoms with Crippen molar-refractivity contribution in [3.8, 4) is 5.88 Å². The fourth-order valence-electron chi connectivity index (χ4n) is 0.747. The summed E-state index contributed by atoms with van der Waals surface area (Å²) >= 11 is 3.10. The van der Waals surface area contributed by atoms with E-state index in [1.165, 1.54) is 12.3 Å². The molecule has 0 saturated heterocycles. The topological polar surface area (TPSA) is 22.1 Å². The van der Waals surface area contributed by atoms with E-state index in [4.69, 9.17) is 4.74 Å². The standard InChI is InChI=1S/C9H9BrFNO/c1-2-3-4-13-9-8(11)5-7(10)6-12-9/h2,5-6H,1,3-4H2. The van der Waals surface area contributed by atoms with Crippen LogP contribution in [0.25, 0.3) is 0 Å². The van der Waals surface area contributed by atoms with Gasteiger partial charge in [0.25, 0.3) is 0 Å². The van der Waals surface area contributed by atoms with Gasteiger partial charge in [-0.3, -0.25) is 0 Å². The summed E-state index contributed by atoms with van der Waals surface area (Å²) in [7, 11) is 0. The predicted molar refractivity (Wildman–Crippen MR) is 52.2 cm³/mol. The maximum atomic E-state index is 13.0. The van der Waals surface area contributed by atoms with Crippen LogP contribution in [0.15, 0.2) is 29.4 Å². The van der Waals surface area contributed by atoms with E-state index in [9.17, 15) is 4.39 Å². The zero-order chi connectivity index (χ0) is 9.68. The summed E-state index contributed by atoms with van der Waals surface area (Å²) in [6.07, 6.45) is 3.88. The third kappa shape index (κ3) is 3.14. The largest absolute Gasteiger partial charge is 0.475 e. The molecule has 0 saturated carbocycles. The molecule has 0 aliphatic carbocycles. The summed E-state index contributed by atoms with van der Waals surface area (Å²) in [5.41, 5.74) is 0. The summed E-state index contributed by atoms with van der Waals surface area (Å²) < 4.78 is 18.7. The van der Waals surface area contributed by atoms with Crippen LogP contribution < -0.4 is 4.74 Å². The molecule has 0 aromatic carbocycles. The number of pyridine rings is 1. The van der Waals surface area contributed by atoms with Crippen molar-refractivity contribution < 1.29 is 9.13 Å². The van der Waals surface area contributed by atoms with Gasteiger partial charge in [-0.2, -0.15) is 0 Å². The second-order valence-electron chi connectivity index (χ2n) is 2.37. The Kier molecular flexibility index (Phi) is 3.89. The number of hydrogen-bond donors (Lipinski definition) is 0. The van der Waals surface area contributed by atoms with Crippen LogP contribution in [0.1, 0.15) is 6.42 Å². The van der Waals surface area contributed by atoms with E-state index in [0.29, 0.717) is 17.5 Å². The van der Waals surface area contributed by atoms with Crippen molar-refractivity contribution in [2.24, 2.45) is 0 Å². The summed E-state index contributed by atoms with van der Waals surface area (Å²) in [5, 5.41) is 0. The van der Waals surface area contributed by atoms with E-state index in [-0.39, 0.29) is 5.88 Å². The van der Waals surface area contributed by atoms with Crippen LogP contribution in [0.5, 0.6) is 5.88 Å². The predicted octanol–water partition coefficient (Wildman–Crippen LogP) is 2.94. The van der Waals surface area contributed by atoms with Crippen molar-refractivity contribution >= 4 is 15.9 Å². The van der Waals surface area contributed by atoms with Gasteiger partial charge in [0, 0.05) is 10.7 Å². The number of aromatic nitrogens is 1. The van der Waals surface area contributed by atoms with E-state index in [2.05, 4.69) is 27.5 Å². The highest BCUT2D eigenvalue weighted by Gasteiger charge is 2.04. The first-order valence-corrected chi connectivity index (χ1v) is 4.58. The van der Waals surface area contributed by atoms with Crippen molar-refractivity contribution in [3.05, 3.63) is 35.2 Å². The molecule has 0 bridgehead atoms. The monoisotopic (exact) mass is 245 g/mol. The SMILES string of the molecule is C=CCCOc1ncc(Br)cc1F. The first-order valence-electron chi connectivity index (χ1n) is 3.79. The van der Waals surface area contributed by atoms with Gasteiger partial charge in [0.1, 0.15) is 0 Å². The van der Waals surface area contributed by atoms with Crippen LogP contribution in [0.3, 0.4) is 0 Å². The van der Waals surface area contributed by atoms with E-state index >= 15 is 0 Å². The Hall–Kier alpha value is -0.900. The molecule has 0 amide bonds. The Morgan fingerprint density at radius 1 is 1.69 bits per heavy atom. The second-order valence-corrected chi connectivity index (χ2v) is 3.28. The van der Waals surface area contributed by atoms with E-state index in [0.717, 1.165) is 0 Å². The molecule has 0 atom stereocenters. The average Bonchev–Trinajstić information content (AvgIpc) is 2.09. The quantitative estimate of drug-likeness (QED) is 0.601. The van der Waals surface area contributed by atoms with Gasteiger partial charge in [0.15, 0.2) is 5.82 Å². The molecule has 4 heteroatoms. The highest BCUT2D eigenvalue weighted by atomic mass is 79.9. The van der Waals surface area contributed by atoms with Crippen LogP contribution in [0, 0.1) is 5.82 Å². The molecule has 0 radical (unpaired) electrons. The lowest BCUT2D eigenvalue weighted by Crippen LogP contribution is -1.99. The minimum atomic E-state index is -0.460. The molecular weight excluding hydrogens is 237 g/mol. The fraction of sp³-hybridized carbons (Fsp3) is 0.222. The first kappa shape index (κ1) is 10.2. The molecule has 0 aliphatic heterocycles. The maximum absolute atomic E-state index is 13.0. The fourth-order valence-corrected chi connectivity index (χ4v) is 1.05. The van der Waals surface area contributed by atoms with Gasteiger partial charge in [-0.15, -0.1) is 6.58 Å². The lowest BCUT2D eigenvalue weighted by molar-refractivity contribution is 0.294. The zero-order valence-electron chi connectivity index (χ0n) is 6.96. The highest BCUT2D eigenvalue weighted by molar-refractivity contribution is 9.10. The Balaban J connectivity index is 2.61. The maximum Gasteiger partial charge on any atom is 0.250 e. The zero-order valence-corrected chi connectivity index (χ0v) is 8.55. The minimum Gasteiger partial charge on any atom is -0.475 e. The molecule has 13 heavy (non-hydrogen) atoms. The molecule has 0 N–H and O–H groups in total. The lowest BCUT2D eigenvalue weighted by Gasteiger charge is -2.03. The smallest absolute Gasteiger partial charge is 0.250 e. The van der Waals surface area contributed by atoms with Gasteiger partial charge in [0.2, 0.25) is 5.88 Å². The Labute approximate surface area is 84.6 Å². The van der Waals surface area contributed by atoms with Gasteiger partial charge in [-0.1, -0.05) is 6.08 Å². The Morgan fingerprint density at radius 2 is 2.46 bits per heavy atom. The minimum absolute atomic E-state index is 0.0325. The number of ether oxygens (including phenoxy) is 1. The number of nitrogens with zero attached hydrogens (tertiary/aromatic N) is 1. The summed E-state index contributed by atoms with van der Waals surface area (Å²) in [4.78, 5) is 3.77. The van der Waals surface area contributed by atoms with Crippen LogP contribution in [0.4, 0.5) is 4.39 Å². The molecule has 0 unspecified atom stereocenters. The van der Waals surface area contributed by atoms with Crippen LogP contribution in [-0.2, 0) is 0 Å². The molecule has 1 rings (SSSR count). The van der Waals surface area contributed by atoms with Gasteiger partial charge in [-0.25, -0.2) is 9.37 Å². The van der Waals surface area contributed by atoms with Crippen molar-refractivity contribution in [1.82, 2.24) is 4.98 Å². The first-order chi connectivity index (χ1) is 6.24. The van der Waals surface area contributed by atoms with Crippen molar-refractivity contribution in [2.45, 2.75) is 6.42 Å². The average molecular weight is 246 g/mol. The molecular formula is C9H9BrFNO. The molecule has 70 valence electrons. The van der Waals surface area contributed by atoms with Crippen LogP contribution in [0.2, 0.25) is 0 Å². The third-order valence-electron chi connectivity index (χ3n) is 1.33. The summed E-state index contributed by atoms with van der Waals surface area (Å²) in [5.74, 6) is -0.427. The van der Waals surface area contributed by atoms with Crippen molar-refractivity contribution in [2.75, 3.05) is 6.61 Å². The molecule has 0 aliphatic rings. The third-order valence-corrected chi connectivity index (χ3v) is 1.77. The Morgan fingerprint density at radius 3 is 3.08 bits per heavy atom. The van der Waals surface area contributed by atoms with Crippen LogP contribution >= 0.6 is 15.9 Å². The second kappa shape index (κ2) is 4.97. The molecule has 0 spiro atoms. The number of halogens is 2. The van der Waals surface area contributed by atoms with Crippen LogP contribution in [-0.4, -0.2) is 11.6 Å². The number of rotatable bonds is 4. The van der Waals surface area contributed by atoms with E-state index in [1.807, 2.05) is 0 Å². The molecule has 1 aromatic heterocycles. The number of hydrogen-bond acceptors (Lipinski definition) is 2. The van der Waals surface area contributed by atoms with E-state index < -0.39 is 5.82 Å². The molecule has 1 heterocycles. The Bertz CT molecular complexity index is 304. The van der Waals surface area contributed by atoms with Crippen molar-refractivity contribution in [1.29, 1.82) is 0 Å². The highest BCUT2D eigenvalue weighted by Crippen LogP contribution is 2.17. The summed E-state index contributed by atoms with van der Waals surface area (Å²) in [6, 6.07) is 1.32. The summed E-state index contributed by atoms with van der Waals surface area (Å²) in [6.45, 7) is 3.92. The molecule has 0 fully saturated rings. The normalized spacial score (nSPS) is 9.69. The molecule has 2 nitrogen and oxygen atoms in total. The van der Waals surface area contributed by atoms with Gasteiger partial charge >= 0.3 is 0 Å². The van der Waals surface area contributed by atoms with E-state index in [1.54, 1.807) is 6.08 Å².